The van der Waals surface area contributed by atoms with E-state index in [0.717, 1.165) is 52.4 Å². The van der Waals surface area contributed by atoms with E-state index in [-0.39, 0.29) is 36.6 Å². The molecule has 1 saturated heterocycles. The van der Waals surface area contributed by atoms with E-state index in [0.29, 0.717) is 6.54 Å². The number of carbonyl (C=O) groups excluding carboxylic acids is 4. The molecule has 0 unspecified atom stereocenters. The van der Waals surface area contributed by atoms with Crippen LogP contribution in [0.1, 0.15) is 62.3 Å². The van der Waals surface area contributed by atoms with E-state index in [1.54, 1.807) is 0 Å². The number of carbonyl (C=O) groups is 2. The standard InChI is InChI=1S/C25H50N4O4.CO2/c1-23(2,3)20-28-13-11-26-10-12-27(14-16-28)15-17-29(18-21(30)32-24(4,5)6)19-22(31)33-25(7,8)9;2-1-3/h26H,10-20H2,1-9H3;. The average molecular weight is 515 g/mol. The maximum Gasteiger partial charge on any atom is 0.373 e. The summed E-state index contributed by atoms with van der Waals surface area (Å²) in [6, 6.07) is 0. The van der Waals surface area contributed by atoms with Gasteiger partial charge in [0.15, 0.2) is 0 Å². The number of hydrogen-bond acceptors (Lipinski definition) is 10. The second kappa shape index (κ2) is 16.1. The van der Waals surface area contributed by atoms with Crippen LogP contribution in [-0.2, 0) is 28.7 Å². The lowest BCUT2D eigenvalue weighted by Crippen LogP contribution is -2.45. The van der Waals surface area contributed by atoms with Crippen molar-refractivity contribution in [3.63, 3.8) is 0 Å². The Bertz CT molecular complexity index is 658. The van der Waals surface area contributed by atoms with Crippen LogP contribution in [0.25, 0.3) is 0 Å². The van der Waals surface area contributed by atoms with Crippen molar-refractivity contribution < 1.29 is 28.7 Å². The lowest BCUT2D eigenvalue weighted by molar-refractivity contribution is -0.191. The number of esters is 2. The molecule has 10 nitrogen and oxygen atoms in total. The number of hydrogen-bond donors (Lipinski definition) is 1. The monoisotopic (exact) mass is 514 g/mol. The lowest BCUT2D eigenvalue weighted by atomic mass is 9.96. The van der Waals surface area contributed by atoms with Gasteiger partial charge in [-0.25, -0.2) is 0 Å². The van der Waals surface area contributed by atoms with Gasteiger partial charge >= 0.3 is 18.1 Å². The molecule has 0 saturated carbocycles. The van der Waals surface area contributed by atoms with Gasteiger partial charge in [-0.2, -0.15) is 9.59 Å². The Hall–Kier alpha value is -1.84. The zero-order valence-electron chi connectivity index (χ0n) is 24.1. The zero-order valence-corrected chi connectivity index (χ0v) is 24.1. The molecule has 1 aliphatic heterocycles. The second-order valence-electron chi connectivity index (χ2n) is 12.4. The SMILES string of the molecule is CC(C)(C)CN1CCNCCN(CCN(CC(=O)OC(C)(C)C)CC(=O)OC(C)(C)C)CC1.O=C=O. The fourth-order valence-electron chi connectivity index (χ4n) is 3.77. The topological polar surface area (TPSA) is 108 Å². The third-order valence-corrected chi connectivity index (χ3v) is 4.92. The van der Waals surface area contributed by atoms with Gasteiger partial charge in [0.25, 0.3) is 0 Å². The molecule has 1 N–H and O–H groups in total. The number of nitrogens with one attached hydrogen (secondary N) is 1. The molecule has 0 aliphatic carbocycles. The molecule has 210 valence electrons. The van der Waals surface area contributed by atoms with Crippen molar-refractivity contribution in [3.8, 4) is 0 Å². The molecule has 1 fully saturated rings. The van der Waals surface area contributed by atoms with Crippen LogP contribution in [0, 0.1) is 5.41 Å². The Morgan fingerprint density at radius 3 is 1.61 bits per heavy atom. The fourth-order valence-corrected chi connectivity index (χ4v) is 3.77. The number of ether oxygens (including phenoxy) is 2. The minimum absolute atomic E-state index is 0.0682. The van der Waals surface area contributed by atoms with Gasteiger partial charge in [-0.3, -0.25) is 19.4 Å². The predicted molar refractivity (Wildman–Crippen MR) is 138 cm³/mol. The zero-order chi connectivity index (χ0) is 28.0. The van der Waals surface area contributed by atoms with E-state index in [1.807, 2.05) is 46.4 Å². The first-order chi connectivity index (χ1) is 16.4. The van der Waals surface area contributed by atoms with Gasteiger partial charge in [-0.1, -0.05) is 20.8 Å². The van der Waals surface area contributed by atoms with Crippen LogP contribution < -0.4 is 5.32 Å². The predicted octanol–water partition coefficient (Wildman–Crippen LogP) is 1.64. The molecule has 10 heteroatoms. The van der Waals surface area contributed by atoms with Crippen molar-refractivity contribution in [2.45, 2.75) is 73.5 Å². The molecule has 1 heterocycles. The van der Waals surface area contributed by atoms with E-state index in [2.05, 4.69) is 35.9 Å². The van der Waals surface area contributed by atoms with E-state index in [1.165, 1.54) is 0 Å². The van der Waals surface area contributed by atoms with Gasteiger partial charge in [0.2, 0.25) is 0 Å². The van der Waals surface area contributed by atoms with E-state index in [9.17, 15) is 9.59 Å². The minimum atomic E-state index is -0.557. The summed E-state index contributed by atoms with van der Waals surface area (Å²) in [5, 5.41) is 3.53. The van der Waals surface area contributed by atoms with Crippen LogP contribution in [0.4, 0.5) is 0 Å². The molecule has 1 aliphatic rings. The Morgan fingerprint density at radius 2 is 1.19 bits per heavy atom. The highest BCUT2D eigenvalue weighted by atomic mass is 16.6. The summed E-state index contributed by atoms with van der Waals surface area (Å²) < 4.78 is 11.0. The smallest absolute Gasteiger partial charge is 0.373 e. The highest BCUT2D eigenvalue weighted by Gasteiger charge is 2.24. The van der Waals surface area contributed by atoms with E-state index >= 15 is 0 Å². The molecular formula is C26H50N4O6. The van der Waals surface area contributed by atoms with Crippen LogP contribution in [0.3, 0.4) is 0 Å². The van der Waals surface area contributed by atoms with E-state index < -0.39 is 11.2 Å². The van der Waals surface area contributed by atoms with Crippen molar-refractivity contribution in [1.29, 1.82) is 0 Å². The third kappa shape index (κ3) is 20.4. The molecule has 0 amide bonds. The fraction of sp³-hybridized carbons (Fsp3) is 0.885. The largest absolute Gasteiger partial charge is 0.459 e. The Labute approximate surface area is 218 Å². The summed E-state index contributed by atoms with van der Waals surface area (Å²) in [6.45, 7) is 26.4. The van der Waals surface area contributed by atoms with Crippen LogP contribution in [-0.4, -0.2) is 116 Å². The summed E-state index contributed by atoms with van der Waals surface area (Å²) in [6.07, 6.45) is 0.250. The lowest BCUT2D eigenvalue weighted by Gasteiger charge is -2.32. The Morgan fingerprint density at radius 1 is 0.778 bits per heavy atom. The van der Waals surface area contributed by atoms with Crippen LogP contribution >= 0.6 is 0 Å². The van der Waals surface area contributed by atoms with Crippen molar-refractivity contribution >= 4 is 18.1 Å². The van der Waals surface area contributed by atoms with Gasteiger partial charge in [-0.15, -0.1) is 0 Å². The summed E-state index contributed by atoms with van der Waals surface area (Å²) in [5.74, 6) is -0.651. The molecule has 36 heavy (non-hydrogen) atoms. The van der Waals surface area contributed by atoms with Crippen LogP contribution in [0.2, 0.25) is 0 Å². The molecule has 1 rings (SSSR count). The van der Waals surface area contributed by atoms with Crippen LogP contribution in [0.5, 0.6) is 0 Å². The van der Waals surface area contributed by atoms with Crippen molar-refractivity contribution in [2.75, 3.05) is 72.0 Å². The van der Waals surface area contributed by atoms with Crippen molar-refractivity contribution in [3.05, 3.63) is 0 Å². The quantitative estimate of drug-likeness (QED) is 0.480. The first kappa shape index (κ1) is 34.2. The first-order valence-electron chi connectivity index (χ1n) is 12.7. The molecular weight excluding hydrogens is 464 g/mol. The molecule has 0 aromatic heterocycles. The molecule has 0 aromatic rings. The third-order valence-electron chi connectivity index (χ3n) is 4.92. The number of nitrogens with zero attached hydrogens (tertiary/aromatic N) is 3. The number of rotatable bonds is 8. The minimum Gasteiger partial charge on any atom is -0.459 e. The summed E-state index contributed by atoms with van der Waals surface area (Å²) in [4.78, 5) is 47.9. The van der Waals surface area contributed by atoms with Gasteiger partial charge in [-0.05, 0) is 47.0 Å². The van der Waals surface area contributed by atoms with Crippen molar-refractivity contribution in [2.24, 2.45) is 5.41 Å². The Kier molecular flexibility index (Phi) is 15.3. The second-order valence-corrected chi connectivity index (χ2v) is 12.4. The van der Waals surface area contributed by atoms with E-state index in [4.69, 9.17) is 19.1 Å². The maximum atomic E-state index is 12.5. The van der Waals surface area contributed by atoms with Gasteiger partial charge < -0.3 is 19.7 Å². The summed E-state index contributed by atoms with van der Waals surface area (Å²) in [7, 11) is 0. The van der Waals surface area contributed by atoms with Crippen molar-refractivity contribution in [1.82, 2.24) is 20.0 Å². The highest BCUT2D eigenvalue weighted by Crippen LogP contribution is 2.15. The van der Waals surface area contributed by atoms with Gasteiger partial charge in [0.1, 0.15) is 11.2 Å². The van der Waals surface area contributed by atoms with Crippen LogP contribution in [0.15, 0.2) is 0 Å². The maximum absolute atomic E-state index is 12.5. The van der Waals surface area contributed by atoms with Gasteiger partial charge in [0.05, 0.1) is 13.1 Å². The summed E-state index contributed by atoms with van der Waals surface area (Å²) >= 11 is 0. The molecule has 0 bridgehead atoms. The Balaban J connectivity index is 0.00000387. The van der Waals surface area contributed by atoms with Gasteiger partial charge in [0, 0.05) is 58.9 Å². The average Bonchev–Trinajstić information content (AvgIpc) is 2.75. The normalized spacial score (nSPS) is 16.6. The molecule has 0 radical (unpaired) electrons. The summed E-state index contributed by atoms with van der Waals surface area (Å²) in [5.41, 5.74) is -0.854. The molecule has 0 aromatic carbocycles. The molecule has 0 spiro atoms. The first-order valence-corrected chi connectivity index (χ1v) is 12.7. The molecule has 0 atom stereocenters. The highest BCUT2D eigenvalue weighted by molar-refractivity contribution is 5.75.